The third-order valence-corrected chi connectivity index (χ3v) is 4.36. The number of carbonyl (C=O) groups is 1. The summed E-state index contributed by atoms with van der Waals surface area (Å²) in [6, 6.07) is 11.5. The fourth-order valence-corrected chi connectivity index (χ4v) is 3.13. The minimum Gasteiger partial charge on any atom is -0.484 e. The first-order valence-electron chi connectivity index (χ1n) is 8.61. The first-order chi connectivity index (χ1) is 12.9. The Morgan fingerprint density at radius 1 is 1.26 bits per heavy atom. The third-order valence-electron chi connectivity index (χ3n) is 4.36. The van der Waals surface area contributed by atoms with Gasteiger partial charge in [0.05, 0.1) is 22.8 Å². The molecule has 0 aliphatic carbocycles. The molecule has 2 heterocycles. The molecule has 1 aromatic carbocycles. The minimum atomic E-state index is -0.455. The van der Waals surface area contributed by atoms with Gasteiger partial charge in [0.25, 0.3) is 5.69 Å². The highest BCUT2D eigenvalue weighted by Gasteiger charge is 2.21. The first-order valence-corrected chi connectivity index (χ1v) is 8.61. The van der Waals surface area contributed by atoms with Crippen molar-refractivity contribution in [2.75, 3.05) is 6.61 Å². The zero-order chi connectivity index (χ0) is 19.6. The lowest BCUT2D eigenvalue weighted by molar-refractivity contribution is -0.384. The van der Waals surface area contributed by atoms with Gasteiger partial charge >= 0.3 is 5.97 Å². The molecule has 0 bridgehead atoms. The van der Waals surface area contributed by atoms with Crippen molar-refractivity contribution in [3.8, 4) is 5.75 Å². The van der Waals surface area contributed by atoms with Crippen LogP contribution >= 0.6 is 0 Å². The number of nitro benzene ring substituents is 1. The molecule has 0 saturated heterocycles. The van der Waals surface area contributed by atoms with Crippen molar-refractivity contribution in [3.63, 3.8) is 0 Å². The molecule has 0 amide bonds. The highest BCUT2D eigenvalue weighted by atomic mass is 16.6. The molecule has 27 heavy (non-hydrogen) atoms. The van der Waals surface area contributed by atoms with Crippen LogP contribution < -0.4 is 4.74 Å². The molecule has 3 aromatic rings. The molecule has 140 valence electrons. The maximum atomic E-state index is 12.3. The summed E-state index contributed by atoms with van der Waals surface area (Å²) in [5, 5.41) is 10.8. The Morgan fingerprint density at radius 2 is 1.96 bits per heavy atom. The van der Waals surface area contributed by atoms with E-state index in [2.05, 4.69) is 0 Å². The number of hydrogen-bond donors (Lipinski definition) is 0. The number of benzene rings is 1. The van der Waals surface area contributed by atoms with Crippen LogP contribution in [0.3, 0.4) is 0 Å². The molecule has 7 nitrogen and oxygen atoms in total. The fourth-order valence-electron chi connectivity index (χ4n) is 3.13. The van der Waals surface area contributed by atoms with Gasteiger partial charge in [-0.05, 0) is 56.7 Å². The molecule has 2 aromatic heterocycles. The lowest BCUT2D eigenvalue weighted by Crippen LogP contribution is -2.15. The molecule has 1 atom stereocenters. The van der Waals surface area contributed by atoms with Crippen molar-refractivity contribution in [2.45, 2.75) is 26.9 Å². The SMILES string of the molecule is CCOC(=O)c1cc2cccn2c(C(C)Oc2ccc([N+](=O)[O-])cc2)c1C. The van der Waals surface area contributed by atoms with E-state index in [0.29, 0.717) is 17.9 Å². The number of non-ortho nitro benzene ring substituents is 1. The van der Waals surface area contributed by atoms with Crippen LogP contribution in [0.1, 0.15) is 41.6 Å². The monoisotopic (exact) mass is 368 g/mol. The van der Waals surface area contributed by atoms with Gasteiger partial charge in [0.2, 0.25) is 0 Å². The smallest absolute Gasteiger partial charge is 0.338 e. The zero-order valence-electron chi connectivity index (χ0n) is 15.3. The Morgan fingerprint density at radius 3 is 2.59 bits per heavy atom. The van der Waals surface area contributed by atoms with Gasteiger partial charge in [-0.2, -0.15) is 0 Å². The summed E-state index contributed by atoms with van der Waals surface area (Å²) in [6.07, 6.45) is 1.51. The molecule has 0 radical (unpaired) electrons. The second-order valence-corrected chi connectivity index (χ2v) is 6.10. The average molecular weight is 368 g/mol. The summed E-state index contributed by atoms with van der Waals surface area (Å²) in [7, 11) is 0. The number of pyridine rings is 1. The molecule has 0 saturated carbocycles. The van der Waals surface area contributed by atoms with Gasteiger partial charge in [-0.25, -0.2) is 4.79 Å². The fraction of sp³-hybridized carbons (Fsp3) is 0.250. The van der Waals surface area contributed by atoms with Crippen LogP contribution in [0.25, 0.3) is 5.52 Å². The molecule has 3 rings (SSSR count). The third kappa shape index (κ3) is 3.62. The maximum Gasteiger partial charge on any atom is 0.338 e. The molecule has 0 N–H and O–H groups in total. The number of nitrogens with zero attached hydrogens (tertiary/aromatic N) is 2. The van der Waals surface area contributed by atoms with Gasteiger partial charge in [-0.15, -0.1) is 0 Å². The van der Waals surface area contributed by atoms with E-state index in [-0.39, 0.29) is 11.7 Å². The quantitative estimate of drug-likeness (QED) is 0.364. The summed E-state index contributed by atoms with van der Waals surface area (Å²) in [5.41, 5.74) is 2.95. The standard InChI is InChI=1S/C20H20N2O5/c1-4-26-20(23)18-12-16-6-5-11-21(16)19(13(18)2)14(3)27-17-9-7-15(8-10-17)22(24)25/h5-12,14H,4H2,1-3H3. The van der Waals surface area contributed by atoms with E-state index >= 15 is 0 Å². The second kappa shape index (κ2) is 7.49. The van der Waals surface area contributed by atoms with E-state index < -0.39 is 11.0 Å². The number of rotatable bonds is 6. The van der Waals surface area contributed by atoms with Gasteiger partial charge in [0.1, 0.15) is 11.9 Å². The van der Waals surface area contributed by atoms with E-state index in [1.807, 2.05) is 36.6 Å². The van der Waals surface area contributed by atoms with E-state index in [0.717, 1.165) is 16.8 Å². The molecule has 0 aliphatic rings. The average Bonchev–Trinajstić information content (AvgIpc) is 3.09. The van der Waals surface area contributed by atoms with Crippen LogP contribution in [0.2, 0.25) is 0 Å². The predicted octanol–water partition coefficient (Wildman–Crippen LogP) is 4.47. The van der Waals surface area contributed by atoms with Crippen LogP contribution in [0.15, 0.2) is 48.7 Å². The highest BCUT2D eigenvalue weighted by Crippen LogP contribution is 2.29. The number of esters is 1. The number of nitro groups is 1. The highest BCUT2D eigenvalue weighted by molar-refractivity contribution is 5.92. The summed E-state index contributed by atoms with van der Waals surface area (Å²) in [4.78, 5) is 22.7. The van der Waals surface area contributed by atoms with Crippen LogP contribution in [0.5, 0.6) is 5.75 Å². The second-order valence-electron chi connectivity index (χ2n) is 6.10. The Kier molecular flexibility index (Phi) is 5.12. The van der Waals surface area contributed by atoms with E-state index in [9.17, 15) is 14.9 Å². The number of carbonyl (C=O) groups excluding carboxylic acids is 1. The summed E-state index contributed by atoms with van der Waals surface area (Å²) in [5.74, 6) is 0.136. The van der Waals surface area contributed by atoms with Crippen molar-refractivity contribution in [1.29, 1.82) is 0 Å². The normalized spacial score (nSPS) is 12.0. The van der Waals surface area contributed by atoms with Crippen molar-refractivity contribution in [3.05, 3.63) is 75.6 Å². The number of hydrogen-bond acceptors (Lipinski definition) is 5. The summed E-state index contributed by atoms with van der Waals surface area (Å²) < 4.78 is 13.1. The summed E-state index contributed by atoms with van der Waals surface area (Å²) >= 11 is 0. The largest absolute Gasteiger partial charge is 0.484 e. The predicted molar refractivity (Wildman–Crippen MR) is 100 cm³/mol. The Hall–Kier alpha value is -3.35. The lowest BCUT2D eigenvalue weighted by atomic mass is 10.0. The van der Waals surface area contributed by atoms with Gasteiger partial charge < -0.3 is 13.9 Å². The van der Waals surface area contributed by atoms with Crippen molar-refractivity contribution in [1.82, 2.24) is 4.40 Å². The molecule has 7 heteroatoms. The Balaban J connectivity index is 1.99. The molecule has 0 aliphatic heterocycles. The van der Waals surface area contributed by atoms with Crippen LogP contribution in [-0.2, 0) is 4.74 Å². The van der Waals surface area contributed by atoms with Crippen molar-refractivity contribution in [2.24, 2.45) is 0 Å². The van der Waals surface area contributed by atoms with Gasteiger partial charge in [-0.1, -0.05) is 0 Å². The van der Waals surface area contributed by atoms with Crippen LogP contribution in [0, 0.1) is 17.0 Å². The molecular formula is C20H20N2O5. The first kappa shape index (κ1) is 18.4. The molecule has 0 spiro atoms. The Labute approximate surface area is 156 Å². The van der Waals surface area contributed by atoms with E-state index in [1.165, 1.54) is 12.1 Å². The summed E-state index contributed by atoms with van der Waals surface area (Å²) in [6.45, 7) is 5.80. The lowest BCUT2D eigenvalue weighted by Gasteiger charge is -2.21. The zero-order valence-corrected chi connectivity index (χ0v) is 15.3. The number of aromatic nitrogens is 1. The number of fused-ring (bicyclic) bond motifs is 1. The van der Waals surface area contributed by atoms with E-state index in [1.54, 1.807) is 25.1 Å². The van der Waals surface area contributed by atoms with Gasteiger partial charge in [-0.3, -0.25) is 10.1 Å². The van der Waals surface area contributed by atoms with Crippen LogP contribution in [-0.4, -0.2) is 21.9 Å². The van der Waals surface area contributed by atoms with Gasteiger partial charge in [0.15, 0.2) is 0 Å². The van der Waals surface area contributed by atoms with Crippen molar-refractivity contribution < 1.29 is 19.2 Å². The molecular weight excluding hydrogens is 348 g/mol. The van der Waals surface area contributed by atoms with Crippen molar-refractivity contribution >= 4 is 17.2 Å². The minimum absolute atomic E-state index is 0.00305. The van der Waals surface area contributed by atoms with E-state index in [4.69, 9.17) is 9.47 Å². The topological polar surface area (TPSA) is 83.1 Å². The maximum absolute atomic E-state index is 12.3. The number of ether oxygens (including phenoxy) is 2. The van der Waals surface area contributed by atoms with Crippen LogP contribution in [0.4, 0.5) is 5.69 Å². The molecule has 1 unspecified atom stereocenters. The van der Waals surface area contributed by atoms with Gasteiger partial charge in [0, 0.05) is 23.8 Å². The molecule has 0 fully saturated rings. The Bertz CT molecular complexity index is 992.